The molecule has 2 rings (SSSR count). The van der Waals surface area contributed by atoms with E-state index in [0.29, 0.717) is 18.5 Å². The van der Waals surface area contributed by atoms with E-state index in [-0.39, 0.29) is 17.9 Å². The quantitative estimate of drug-likeness (QED) is 0.756. The maximum Gasteiger partial charge on any atom is 0.337 e. The second kappa shape index (κ2) is 6.99. The molecule has 122 valence electrons. The summed E-state index contributed by atoms with van der Waals surface area (Å²) in [6.45, 7) is 0.342. The lowest BCUT2D eigenvalue weighted by molar-refractivity contribution is -0.151. The van der Waals surface area contributed by atoms with Crippen molar-refractivity contribution in [3.05, 3.63) is 35.9 Å². The Bertz CT molecular complexity index is 619. The van der Waals surface area contributed by atoms with Crippen molar-refractivity contribution >= 4 is 28.6 Å². The van der Waals surface area contributed by atoms with Crippen molar-refractivity contribution in [2.75, 3.05) is 19.4 Å². The lowest BCUT2D eigenvalue weighted by Crippen LogP contribution is -2.38. The normalized spacial score (nSPS) is 24.3. The van der Waals surface area contributed by atoms with E-state index in [2.05, 4.69) is 12.6 Å². The van der Waals surface area contributed by atoms with E-state index in [1.807, 2.05) is 0 Å². The fourth-order valence-electron chi connectivity index (χ4n) is 2.57. The molecule has 8 heteroatoms. The van der Waals surface area contributed by atoms with Gasteiger partial charge < -0.3 is 9.84 Å². The Kier molecular flexibility index (Phi) is 5.49. The molecule has 0 saturated carbocycles. The van der Waals surface area contributed by atoms with Crippen molar-refractivity contribution in [2.45, 2.75) is 23.8 Å². The van der Waals surface area contributed by atoms with Crippen LogP contribution in [0.2, 0.25) is 0 Å². The Hall–Kier alpha value is -1.09. The number of ether oxygens (including phenoxy) is 1. The topological polar surface area (TPSA) is 83.9 Å². The van der Waals surface area contributed by atoms with Gasteiger partial charge >= 0.3 is 5.97 Å². The van der Waals surface area contributed by atoms with Crippen molar-refractivity contribution in [2.24, 2.45) is 0 Å². The first kappa shape index (κ1) is 17.3. The molecular formula is C14H19NO5S2. The zero-order valence-electron chi connectivity index (χ0n) is 12.1. The molecule has 0 aliphatic carbocycles. The van der Waals surface area contributed by atoms with Gasteiger partial charge in [0.05, 0.1) is 12.9 Å². The summed E-state index contributed by atoms with van der Waals surface area (Å²) in [6.07, 6.45) is 0.566. The average molecular weight is 345 g/mol. The molecule has 1 heterocycles. The van der Waals surface area contributed by atoms with Crippen molar-refractivity contribution in [1.29, 1.82) is 0 Å². The molecule has 0 bridgehead atoms. The molecule has 1 N–H and O–H groups in total. The molecule has 1 aromatic rings. The lowest BCUT2D eigenvalue weighted by atomic mass is 10.1. The fourth-order valence-corrected chi connectivity index (χ4v) is 4.23. The lowest BCUT2D eigenvalue weighted by Gasteiger charge is -2.23. The molecule has 1 aliphatic heterocycles. The molecule has 0 radical (unpaired) electrons. The third kappa shape index (κ3) is 4.22. The van der Waals surface area contributed by atoms with Gasteiger partial charge in [0.25, 0.3) is 0 Å². The molecule has 1 aromatic carbocycles. The highest BCUT2D eigenvalue weighted by Gasteiger charge is 2.37. The first-order valence-electron chi connectivity index (χ1n) is 6.83. The van der Waals surface area contributed by atoms with Gasteiger partial charge in [-0.1, -0.05) is 30.3 Å². The highest BCUT2D eigenvalue weighted by atomic mass is 32.2. The van der Waals surface area contributed by atoms with E-state index in [9.17, 15) is 18.3 Å². The summed E-state index contributed by atoms with van der Waals surface area (Å²) in [5, 5.41) is 9.24. The van der Waals surface area contributed by atoms with Gasteiger partial charge in [-0.3, -0.25) is 0 Å². The Morgan fingerprint density at radius 1 is 1.45 bits per heavy atom. The number of carbonyl (C=O) groups is 1. The summed E-state index contributed by atoms with van der Waals surface area (Å²) >= 11 is 4.32. The Labute approximate surface area is 135 Å². The molecule has 0 spiro atoms. The SMILES string of the molecule is CS(=O)(=O)N1C[C@H](S)C[C@H]1CO[C@H](C(=O)O)c1ccccc1. The molecular weight excluding hydrogens is 326 g/mol. The summed E-state index contributed by atoms with van der Waals surface area (Å²) in [7, 11) is -3.36. The van der Waals surface area contributed by atoms with Crippen molar-refractivity contribution in [3.8, 4) is 0 Å². The van der Waals surface area contributed by atoms with Crippen LogP contribution in [0.4, 0.5) is 0 Å². The molecule has 3 atom stereocenters. The number of hydrogen-bond acceptors (Lipinski definition) is 5. The number of thiol groups is 1. The van der Waals surface area contributed by atoms with E-state index in [1.165, 1.54) is 4.31 Å². The van der Waals surface area contributed by atoms with Gasteiger partial charge in [0.1, 0.15) is 0 Å². The van der Waals surface area contributed by atoms with Crippen LogP contribution in [-0.2, 0) is 19.6 Å². The first-order valence-corrected chi connectivity index (χ1v) is 9.19. The van der Waals surface area contributed by atoms with Crippen LogP contribution in [0.5, 0.6) is 0 Å². The number of nitrogens with zero attached hydrogens (tertiary/aromatic N) is 1. The van der Waals surface area contributed by atoms with Crippen LogP contribution in [0.25, 0.3) is 0 Å². The van der Waals surface area contributed by atoms with Crippen LogP contribution in [0.15, 0.2) is 30.3 Å². The summed E-state index contributed by atoms with van der Waals surface area (Å²) in [5.74, 6) is -1.10. The van der Waals surface area contributed by atoms with Crippen LogP contribution < -0.4 is 0 Å². The standard InChI is InChI=1S/C14H19NO5S2/c1-22(18,19)15-8-12(21)7-11(15)9-20-13(14(16)17)10-5-3-2-4-6-10/h2-6,11-13,21H,7-9H2,1H3,(H,16,17)/t11-,12+,13-/m0/s1. The molecule has 22 heavy (non-hydrogen) atoms. The monoisotopic (exact) mass is 345 g/mol. The number of benzene rings is 1. The van der Waals surface area contributed by atoms with Crippen LogP contribution in [0.1, 0.15) is 18.1 Å². The predicted octanol–water partition coefficient (Wildman–Crippen LogP) is 1.16. The van der Waals surface area contributed by atoms with Crippen molar-refractivity contribution in [1.82, 2.24) is 4.31 Å². The van der Waals surface area contributed by atoms with Crippen molar-refractivity contribution in [3.63, 3.8) is 0 Å². The Balaban J connectivity index is 2.08. The smallest absolute Gasteiger partial charge is 0.337 e. The third-order valence-corrected chi connectivity index (χ3v) is 5.22. The zero-order valence-corrected chi connectivity index (χ0v) is 13.8. The number of hydrogen-bond donors (Lipinski definition) is 2. The van der Waals surface area contributed by atoms with Gasteiger partial charge in [-0.25, -0.2) is 13.2 Å². The van der Waals surface area contributed by atoms with Gasteiger partial charge in [0, 0.05) is 17.8 Å². The summed E-state index contributed by atoms with van der Waals surface area (Å²) in [5.41, 5.74) is 0.529. The summed E-state index contributed by atoms with van der Waals surface area (Å²) in [6, 6.07) is 8.21. The minimum atomic E-state index is -3.36. The number of carboxylic acids is 1. The second-order valence-electron chi connectivity index (χ2n) is 5.34. The van der Waals surface area contributed by atoms with Gasteiger partial charge in [-0.05, 0) is 12.0 Å². The molecule has 1 saturated heterocycles. The summed E-state index contributed by atoms with van der Waals surface area (Å²) < 4.78 is 30.4. The Morgan fingerprint density at radius 2 is 2.09 bits per heavy atom. The zero-order chi connectivity index (χ0) is 16.3. The number of aliphatic carboxylic acids is 1. The molecule has 6 nitrogen and oxygen atoms in total. The fraction of sp³-hybridized carbons (Fsp3) is 0.500. The average Bonchev–Trinajstić information content (AvgIpc) is 2.81. The van der Waals surface area contributed by atoms with E-state index in [1.54, 1.807) is 30.3 Å². The highest BCUT2D eigenvalue weighted by molar-refractivity contribution is 7.88. The maximum atomic E-state index is 11.8. The van der Waals surface area contributed by atoms with Gasteiger partial charge in [-0.15, -0.1) is 0 Å². The van der Waals surface area contributed by atoms with E-state index in [0.717, 1.165) is 6.26 Å². The van der Waals surface area contributed by atoms with Crippen LogP contribution in [-0.4, -0.2) is 54.5 Å². The van der Waals surface area contributed by atoms with E-state index >= 15 is 0 Å². The second-order valence-corrected chi connectivity index (χ2v) is 8.00. The number of rotatable bonds is 6. The van der Waals surface area contributed by atoms with Crippen LogP contribution in [0.3, 0.4) is 0 Å². The minimum Gasteiger partial charge on any atom is -0.479 e. The van der Waals surface area contributed by atoms with E-state index < -0.39 is 22.1 Å². The van der Waals surface area contributed by atoms with Crippen molar-refractivity contribution < 1.29 is 23.1 Å². The molecule has 0 unspecified atom stereocenters. The van der Waals surface area contributed by atoms with E-state index in [4.69, 9.17) is 4.74 Å². The third-order valence-electron chi connectivity index (χ3n) is 3.55. The maximum absolute atomic E-state index is 11.8. The van der Waals surface area contributed by atoms with Gasteiger partial charge in [-0.2, -0.15) is 16.9 Å². The van der Waals surface area contributed by atoms with Crippen LogP contribution >= 0.6 is 12.6 Å². The number of carboxylic acid groups (broad SMARTS) is 1. The number of sulfonamides is 1. The highest BCUT2D eigenvalue weighted by Crippen LogP contribution is 2.26. The molecule has 1 aliphatic rings. The molecule has 0 aromatic heterocycles. The van der Waals surface area contributed by atoms with Crippen LogP contribution in [0, 0.1) is 0 Å². The predicted molar refractivity (Wildman–Crippen MR) is 85.5 cm³/mol. The minimum absolute atomic E-state index is 0.0238. The largest absolute Gasteiger partial charge is 0.479 e. The van der Waals surface area contributed by atoms with Gasteiger partial charge in [0.2, 0.25) is 10.0 Å². The summed E-state index contributed by atoms with van der Waals surface area (Å²) in [4.78, 5) is 11.4. The van der Waals surface area contributed by atoms with Gasteiger partial charge in [0.15, 0.2) is 6.10 Å². The Morgan fingerprint density at radius 3 is 2.64 bits per heavy atom. The molecule has 1 fully saturated rings. The first-order chi connectivity index (χ1) is 10.3. The molecule has 0 amide bonds.